The van der Waals surface area contributed by atoms with Gasteiger partial charge in [-0.2, -0.15) is 0 Å². The summed E-state index contributed by atoms with van der Waals surface area (Å²) in [4.78, 5) is 4.23. The molecule has 0 amide bonds. The average Bonchev–Trinajstić information content (AvgIpc) is 2.31. The normalized spacial score (nSPS) is 23.7. The smallest absolute Gasteiger partial charge is 0.0635 e. The molecular formula is C12H18N2O. The molecule has 2 rings (SSSR count). The topological polar surface area (TPSA) is 45.2 Å². The molecule has 1 fully saturated rings. The number of hydrogen-bond acceptors (Lipinski definition) is 3. The van der Waals surface area contributed by atoms with Crippen molar-refractivity contribution in [2.75, 3.05) is 13.1 Å². The van der Waals surface area contributed by atoms with Crippen molar-refractivity contribution in [2.45, 2.75) is 25.4 Å². The summed E-state index contributed by atoms with van der Waals surface area (Å²) >= 11 is 0. The third-order valence-corrected chi connectivity index (χ3v) is 3.02. The first kappa shape index (κ1) is 10.6. The molecule has 0 spiro atoms. The van der Waals surface area contributed by atoms with Crippen LogP contribution in [0.4, 0.5) is 0 Å². The van der Waals surface area contributed by atoms with Gasteiger partial charge in [-0.25, -0.2) is 0 Å². The average molecular weight is 206 g/mol. The zero-order chi connectivity index (χ0) is 10.5. The summed E-state index contributed by atoms with van der Waals surface area (Å²) in [6.45, 7) is 2.03. The highest BCUT2D eigenvalue weighted by Gasteiger charge is 2.21. The van der Waals surface area contributed by atoms with Gasteiger partial charge in [-0.3, -0.25) is 4.98 Å². The molecule has 82 valence electrons. The number of nitrogens with zero attached hydrogens (tertiary/aromatic N) is 1. The molecule has 1 aromatic rings. The minimum Gasteiger partial charge on any atom is -0.392 e. The number of nitrogens with one attached hydrogen (secondary N) is 1. The van der Waals surface area contributed by atoms with Crippen molar-refractivity contribution in [1.82, 2.24) is 10.3 Å². The Balaban J connectivity index is 1.88. The predicted octanol–water partition coefficient (Wildman–Crippen LogP) is 0.985. The molecule has 1 saturated heterocycles. The van der Waals surface area contributed by atoms with Crippen molar-refractivity contribution in [1.29, 1.82) is 0 Å². The van der Waals surface area contributed by atoms with Gasteiger partial charge < -0.3 is 10.4 Å². The summed E-state index contributed by atoms with van der Waals surface area (Å²) in [5.74, 6) is 0.390. The first-order valence-electron chi connectivity index (χ1n) is 5.65. The lowest BCUT2D eigenvalue weighted by molar-refractivity contribution is 0.0913. The monoisotopic (exact) mass is 206 g/mol. The molecule has 0 aromatic carbocycles. The molecule has 1 aromatic heterocycles. The third-order valence-electron chi connectivity index (χ3n) is 3.02. The SMILES string of the molecule is OC(Cc1ccccn1)C1CCCNC1. The van der Waals surface area contributed by atoms with E-state index in [0.717, 1.165) is 25.2 Å². The van der Waals surface area contributed by atoms with Gasteiger partial charge in [0.05, 0.1) is 6.10 Å². The lowest BCUT2D eigenvalue weighted by Gasteiger charge is -2.27. The Kier molecular flexibility index (Phi) is 3.69. The molecule has 2 N–H and O–H groups in total. The predicted molar refractivity (Wildman–Crippen MR) is 59.5 cm³/mol. The molecule has 3 heteroatoms. The van der Waals surface area contributed by atoms with E-state index in [1.54, 1.807) is 6.20 Å². The van der Waals surface area contributed by atoms with Crippen LogP contribution in [0.1, 0.15) is 18.5 Å². The van der Waals surface area contributed by atoms with Crippen LogP contribution in [0, 0.1) is 5.92 Å². The Morgan fingerprint density at radius 1 is 1.53 bits per heavy atom. The van der Waals surface area contributed by atoms with Gasteiger partial charge in [-0.1, -0.05) is 6.07 Å². The zero-order valence-corrected chi connectivity index (χ0v) is 8.89. The summed E-state index contributed by atoms with van der Waals surface area (Å²) in [5.41, 5.74) is 0.982. The van der Waals surface area contributed by atoms with E-state index in [-0.39, 0.29) is 6.10 Å². The van der Waals surface area contributed by atoms with Gasteiger partial charge in [0.25, 0.3) is 0 Å². The van der Waals surface area contributed by atoms with E-state index in [9.17, 15) is 5.11 Å². The lowest BCUT2D eigenvalue weighted by Crippen LogP contribution is -2.37. The fourth-order valence-corrected chi connectivity index (χ4v) is 2.11. The van der Waals surface area contributed by atoms with E-state index in [1.807, 2.05) is 18.2 Å². The van der Waals surface area contributed by atoms with Crippen LogP contribution in [0.5, 0.6) is 0 Å². The molecule has 2 atom stereocenters. The van der Waals surface area contributed by atoms with Crippen molar-refractivity contribution in [3.63, 3.8) is 0 Å². The molecule has 2 unspecified atom stereocenters. The fourth-order valence-electron chi connectivity index (χ4n) is 2.11. The summed E-state index contributed by atoms with van der Waals surface area (Å²) in [7, 11) is 0. The van der Waals surface area contributed by atoms with Crippen molar-refractivity contribution < 1.29 is 5.11 Å². The molecule has 0 bridgehead atoms. The van der Waals surface area contributed by atoms with Gasteiger partial charge >= 0.3 is 0 Å². The molecule has 1 aliphatic heterocycles. The van der Waals surface area contributed by atoms with Gasteiger partial charge in [0.1, 0.15) is 0 Å². The maximum Gasteiger partial charge on any atom is 0.0635 e. The van der Waals surface area contributed by atoms with Crippen LogP contribution in [0.15, 0.2) is 24.4 Å². The van der Waals surface area contributed by atoms with Crippen molar-refractivity contribution in [2.24, 2.45) is 5.92 Å². The molecule has 1 aliphatic rings. The van der Waals surface area contributed by atoms with Gasteiger partial charge in [0, 0.05) is 24.9 Å². The lowest BCUT2D eigenvalue weighted by atomic mass is 9.91. The van der Waals surface area contributed by atoms with Crippen molar-refractivity contribution in [3.8, 4) is 0 Å². The van der Waals surface area contributed by atoms with E-state index >= 15 is 0 Å². The van der Waals surface area contributed by atoms with Crippen LogP contribution in [0.3, 0.4) is 0 Å². The van der Waals surface area contributed by atoms with Crippen molar-refractivity contribution in [3.05, 3.63) is 30.1 Å². The largest absolute Gasteiger partial charge is 0.392 e. The maximum absolute atomic E-state index is 10.0. The van der Waals surface area contributed by atoms with E-state index in [2.05, 4.69) is 10.3 Å². The number of piperidine rings is 1. The Bertz CT molecular complexity index is 283. The Labute approximate surface area is 90.5 Å². The summed E-state index contributed by atoms with van der Waals surface area (Å²) in [5, 5.41) is 13.4. The summed E-state index contributed by atoms with van der Waals surface area (Å²) in [6.07, 6.45) is 4.49. The van der Waals surface area contributed by atoms with E-state index in [0.29, 0.717) is 12.3 Å². The summed E-state index contributed by atoms with van der Waals surface area (Å²) < 4.78 is 0. The molecule has 0 aliphatic carbocycles. The van der Waals surface area contributed by atoms with Crippen LogP contribution in [-0.4, -0.2) is 29.3 Å². The number of aromatic nitrogens is 1. The molecule has 15 heavy (non-hydrogen) atoms. The highest BCUT2D eigenvalue weighted by molar-refractivity contribution is 5.05. The molecule has 2 heterocycles. The molecule has 0 radical (unpaired) electrons. The molecule has 3 nitrogen and oxygen atoms in total. The van der Waals surface area contributed by atoms with Crippen molar-refractivity contribution >= 4 is 0 Å². The van der Waals surface area contributed by atoms with Crippen LogP contribution >= 0.6 is 0 Å². The minimum atomic E-state index is -0.257. The van der Waals surface area contributed by atoms with Crippen LogP contribution in [0.2, 0.25) is 0 Å². The van der Waals surface area contributed by atoms with Crippen LogP contribution < -0.4 is 5.32 Å². The van der Waals surface area contributed by atoms with E-state index in [1.165, 1.54) is 6.42 Å². The van der Waals surface area contributed by atoms with Gasteiger partial charge in [0.2, 0.25) is 0 Å². The van der Waals surface area contributed by atoms with Gasteiger partial charge in [-0.15, -0.1) is 0 Å². The number of aliphatic hydroxyl groups excluding tert-OH is 1. The molecular weight excluding hydrogens is 188 g/mol. The first-order chi connectivity index (χ1) is 7.36. The van der Waals surface area contributed by atoms with Gasteiger partial charge in [0.15, 0.2) is 0 Å². The molecule has 0 saturated carbocycles. The number of hydrogen-bond donors (Lipinski definition) is 2. The number of aliphatic hydroxyl groups is 1. The third kappa shape index (κ3) is 3.01. The van der Waals surface area contributed by atoms with Crippen LogP contribution in [0.25, 0.3) is 0 Å². The van der Waals surface area contributed by atoms with E-state index in [4.69, 9.17) is 0 Å². The Morgan fingerprint density at radius 2 is 2.47 bits per heavy atom. The zero-order valence-electron chi connectivity index (χ0n) is 8.89. The van der Waals surface area contributed by atoms with E-state index < -0.39 is 0 Å². The first-order valence-corrected chi connectivity index (χ1v) is 5.65. The quantitative estimate of drug-likeness (QED) is 0.775. The Morgan fingerprint density at radius 3 is 3.13 bits per heavy atom. The number of pyridine rings is 1. The Hall–Kier alpha value is -0.930. The van der Waals surface area contributed by atoms with Crippen LogP contribution in [-0.2, 0) is 6.42 Å². The standard InChI is InChI=1S/C12H18N2O/c15-12(10-4-3-6-13-9-10)8-11-5-1-2-7-14-11/h1-2,5,7,10,12-13,15H,3-4,6,8-9H2. The second kappa shape index (κ2) is 5.24. The second-order valence-corrected chi connectivity index (χ2v) is 4.20. The maximum atomic E-state index is 10.0. The minimum absolute atomic E-state index is 0.257. The highest BCUT2D eigenvalue weighted by atomic mass is 16.3. The fraction of sp³-hybridized carbons (Fsp3) is 0.583. The number of rotatable bonds is 3. The summed E-state index contributed by atoms with van der Waals surface area (Å²) in [6, 6.07) is 5.84. The highest BCUT2D eigenvalue weighted by Crippen LogP contribution is 2.17. The second-order valence-electron chi connectivity index (χ2n) is 4.20. The van der Waals surface area contributed by atoms with Gasteiger partial charge in [-0.05, 0) is 37.4 Å².